The predicted octanol–water partition coefficient (Wildman–Crippen LogP) is 11.0. The number of nitriles is 2. The van der Waals surface area contributed by atoms with Crippen LogP contribution in [0.25, 0.3) is 21.8 Å². The molecule has 3 heterocycles. The maximum Gasteiger partial charge on any atom is 0.294 e. The molecule has 0 amide bonds. The largest absolute Gasteiger partial charge is 0.494 e. The number of hydrogen-bond donors (Lipinski definition) is 8. The van der Waals surface area contributed by atoms with Crippen molar-refractivity contribution in [3.63, 3.8) is 0 Å². The van der Waals surface area contributed by atoms with E-state index in [1.807, 2.05) is 39.8 Å². The Morgan fingerprint density at radius 2 is 0.989 bits per heavy atom. The summed E-state index contributed by atoms with van der Waals surface area (Å²) in [5, 5.41) is 71.5. The van der Waals surface area contributed by atoms with Crippen LogP contribution < -0.4 is 45.4 Å². The first-order chi connectivity index (χ1) is 44.7. The summed E-state index contributed by atoms with van der Waals surface area (Å²) in [6.07, 6.45) is 3.52. The highest BCUT2D eigenvalue weighted by Crippen LogP contribution is 2.44. The molecular weight excluding hydrogens is 1280 g/mol. The monoisotopic (exact) mass is 1340 g/mol. The Labute approximate surface area is 545 Å². The molecule has 0 aliphatic carbocycles. The van der Waals surface area contributed by atoms with Crippen molar-refractivity contribution in [1.29, 1.82) is 10.5 Å². The van der Waals surface area contributed by atoms with Crippen molar-refractivity contribution in [2.24, 2.45) is 20.5 Å². The van der Waals surface area contributed by atoms with Crippen molar-refractivity contribution in [2.75, 3.05) is 116 Å². The van der Waals surface area contributed by atoms with E-state index in [4.69, 9.17) is 37.6 Å². The Morgan fingerprint density at radius 3 is 1.31 bits per heavy atom. The van der Waals surface area contributed by atoms with Crippen LogP contribution in [0.4, 0.5) is 73.9 Å². The molecule has 4 aromatic carbocycles. The number of rotatable bonds is 33. The number of aliphatic hydroxyl groups excluding tert-OH is 2. The van der Waals surface area contributed by atoms with Gasteiger partial charge in [-0.2, -0.15) is 41.8 Å². The van der Waals surface area contributed by atoms with Crippen LogP contribution >= 0.6 is 22.7 Å². The number of nitrogens with one attached hydrogen (secondary N) is 4. The highest BCUT2D eigenvalue weighted by molar-refractivity contribution is 7.86. The van der Waals surface area contributed by atoms with Crippen LogP contribution in [0.3, 0.4) is 0 Å². The molecule has 7 rings (SSSR count). The summed E-state index contributed by atoms with van der Waals surface area (Å²) in [5.41, 5.74) is 3.42. The van der Waals surface area contributed by atoms with Gasteiger partial charge in [-0.1, -0.05) is 46.9 Å². The minimum atomic E-state index is -4.39. The van der Waals surface area contributed by atoms with Crippen LogP contribution in [-0.4, -0.2) is 141 Å². The number of thiazole rings is 2. The van der Waals surface area contributed by atoms with E-state index in [0.29, 0.717) is 83.0 Å². The fourth-order valence-electron chi connectivity index (χ4n) is 8.95. The van der Waals surface area contributed by atoms with Gasteiger partial charge in [0, 0.05) is 64.5 Å². The van der Waals surface area contributed by atoms with Gasteiger partial charge in [0.1, 0.15) is 34.5 Å². The van der Waals surface area contributed by atoms with Crippen molar-refractivity contribution >= 4 is 129 Å². The summed E-state index contributed by atoms with van der Waals surface area (Å²) in [7, 11) is -5.75. The molecule has 0 radical (unpaired) electrons. The van der Waals surface area contributed by atoms with E-state index in [1.165, 1.54) is 50.6 Å². The molecular formula is C59H64N20O10S4. The molecule has 93 heavy (non-hydrogen) atoms. The highest BCUT2D eigenvalue weighted by Gasteiger charge is 2.23. The lowest BCUT2D eigenvalue weighted by Gasteiger charge is -2.25. The van der Waals surface area contributed by atoms with Crippen LogP contribution in [-0.2, 0) is 33.1 Å². The lowest BCUT2D eigenvalue weighted by molar-refractivity contribution is 0.280. The van der Waals surface area contributed by atoms with Crippen LogP contribution in [0.1, 0.15) is 48.6 Å². The maximum absolute atomic E-state index is 11.6. The van der Waals surface area contributed by atoms with Crippen LogP contribution in [0, 0.1) is 35.8 Å². The molecule has 30 nitrogen and oxygen atoms in total. The maximum atomic E-state index is 11.6. The normalized spacial score (nSPS) is 11.8. The number of benzene rings is 4. The van der Waals surface area contributed by atoms with Crippen LogP contribution in [0.15, 0.2) is 114 Å². The smallest absolute Gasteiger partial charge is 0.294 e. The predicted molar refractivity (Wildman–Crippen MR) is 356 cm³/mol. The van der Waals surface area contributed by atoms with Gasteiger partial charge < -0.3 is 55.7 Å². The van der Waals surface area contributed by atoms with Gasteiger partial charge in [-0.25, -0.2) is 20.2 Å². The van der Waals surface area contributed by atoms with Gasteiger partial charge in [0.15, 0.2) is 0 Å². The zero-order valence-electron chi connectivity index (χ0n) is 51.1. The minimum absolute atomic E-state index is 0.00112. The van der Waals surface area contributed by atoms with Crippen LogP contribution in [0.5, 0.6) is 11.5 Å². The Balaban J connectivity index is 1.30. The molecule has 0 bridgehead atoms. The third kappa shape index (κ3) is 18.9. The second-order valence-electron chi connectivity index (χ2n) is 19.3. The number of ether oxygens (including phenoxy) is 2. The minimum Gasteiger partial charge on any atom is -0.494 e. The summed E-state index contributed by atoms with van der Waals surface area (Å²) < 4.78 is 77.1. The average Bonchev–Trinajstić information content (AvgIpc) is 1.73. The molecule has 0 saturated heterocycles. The fourth-order valence-corrected chi connectivity index (χ4v) is 11.5. The third-order valence-corrected chi connectivity index (χ3v) is 17.1. The van der Waals surface area contributed by atoms with Gasteiger partial charge in [0.25, 0.3) is 31.6 Å². The average molecular weight is 1340 g/mol. The lowest BCUT2D eigenvalue weighted by Crippen LogP contribution is -2.31. The Hall–Kier alpha value is -10.3. The van der Waals surface area contributed by atoms with Crippen LogP contribution in [0.2, 0.25) is 0 Å². The first-order valence-corrected chi connectivity index (χ1v) is 32.9. The SMILES string of the molecule is [C-]#[N+]/C(C#N)=C\c1sc(N=Nc2cc(OC)c(N(CC)CC)cc2Nc2nc(Nc3cc(N(CC)CC)c(OC)cc3N=Nc3nc(NCCc4ccc(S(=O)(=O)O)cc4)c(/C=C(\C#N)[N+]#[C-])s3)nc(N(CCO)CCO)n2)nc1NCCc1ccc(S(=O)(=O)O)cc1. The summed E-state index contributed by atoms with van der Waals surface area (Å²) in [4.78, 5) is 36.3. The molecule has 8 N–H and O–H groups in total. The zero-order chi connectivity index (χ0) is 67.2. The second kappa shape index (κ2) is 33.2. The topological polar surface area (TPSA) is 396 Å². The van der Waals surface area contributed by atoms with E-state index in [9.17, 15) is 46.7 Å². The number of aromatic nitrogens is 5. The second-order valence-corrected chi connectivity index (χ2v) is 24.2. The Kier molecular flexibility index (Phi) is 25.0. The van der Waals surface area contributed by atoms with Gasteiger partial charge in [0.05, 0.1) is 95.0 Å². The van der Waals surface area contributed by atoms with E-state index in [0.717, 1.165) is 33.8 Å². The van der Waals surface area contributed by atoms with Crippen molar-refractivity contribution in [3.8, 4) is 23.6 Å². The number of anilines is 9. The molecule has 7 aromatic rings. The fraction of sp³-hybridized carbons (Fsp3) is 0.305. The van der Waals surface area contributed by atoms with E-state index < -0.39 is 20.2 Å². The molecule has 0 atom stereocenters. The lowest BCUT2D eigenvalue weighted by atomic mass is 10.1. The summed E-state index contributed by atoms with van der Waals surface area (Å²) in [6.45, 7) is 25.2. The number of azo groups is 2. The first kappa shape index (κ1) is 70.2. The zero-order valence-corrected chi connectivity index (χ0v) is 54.4. The summed E-state index contributed by atoms with van der Waals surface area (Å²) in [5.74, 6) is 1.37. The number of aliphatic hydroxyl groups is 2. The van der Waals surface area contributed by atoms with Gasteiger partial charge in [0.2, 0.25) is 28.1 Å². The summed E-state index contributed by atoms with van der Waals surface area (Å²) in [6, 6.07) is 22.0. The number of hydrogen-bond acceptors (Lipinski definition) is 28. The van der Waals surface area contributed by atoms with E-state index in [-0.39, 0.29) is 112 Å². The quantitative estimate of drug-likeness (QED) is 0.00820. The number of nitrogens with zero attached hydrogens (tertiary/aromatic N) is 16. The molecule has 34 heteroatoms. The molecule has 0 unspecified atom stereocenters. The van der Waals surface area contributed by atoms with Crippen molar-refractivity contribution < 1.29 is 45.6 Å². The van der Waals surface area contributed by atoms with Crippen molar-refractivity contribution in [3.05, 3.63) is 128 Å². The molecule has 484 valence electrons. The van der Waals surface area contributed by atoms with Gasteiger partial charge in [-0.15, -0.1) is 20.5 Å². The number of allylic oxidation sites excluding steroid dienone is 2. The Morgan fingerprint density at radius 1 is 0.602 bits per heavy atom. The van der Waals surface area contributed by atoms with Gasteiger partial charge in [-0.3, -0.25) is 9.11 Å². The van der Waals surface area contributed by atoms with E-state index in [1.54, 1.807) is 53.4 Å². The molecule has 0 saturated carbocycles. The van der Waals surface area contributed by atoms with E-state index >= 15 is 0 Å². The number of methoxy groups -OCH3 is 2. The summed E-state index contributed by atoms with van der Waals surface area (Å²) >= 11 is 2.08. The van der Waals surface area contributed by atoms with Gasteiger partial charge >= 0.3 is 0 Å². The standard InChI is InChI=1S/C59H64N20O10S4/c1-9-77(10-2)47-31-43(45(33-49(47)88-7)73-75-58-68-53(51(90-58)29-39(35-60)62-5)64-23-21-37-13-17-41(18-14-37)92(82,83)84)66-55-70-56(72-57(71-55)79(25-27-80)26-28-81)67-44-32-48(78(11-3)12-4)50(89-8)34-46(44)74-76-59-69-54(52(91-59)30-40(36-61)63-6)65-24-22-38-15-19-42(20-16-38)93(85,86)87/h13-20,29-34,64-65,80-81H,9-12,21-28H2,1-4,7-8H3,(H,82,83,84)(H,85,86,87)(H2,66,67,70,71,72)/b39-29-,40-30+,75-73?,76-74?. The van der Waals surface area contributed by atoms with Gasteiger partial charge in [-0.05, 0) is 100 Å². The molecule has 0 fully saturated rings. The molecule has 3 aromatic heterocycles. The third-order valence-electron chi connectivity index (χ3n) is 13.6. The molecule has 0 aliphatic rings. The molecule has 0 aliphatic heterocycles. The van der Waals surface area contributed by atoms with Crippen molar-refractivity contribution in [1.82, 2.24) is 24.9 Å². The highest BCUT2D eigenvalue weighted by atomic mass is 32.2. The first-order valence-electron chi connectivity index (χ1n) is 28.4. The Bertz CT molecular complexity index is 4020. The molecule has 0 spiro atoms. The van der Waals surface area contributed by atoms with Crippen molar-refractivity contribution in [2.45, 2.75) is 50.3 Å². The van der Waals surface area contributed by atoms with E-state index in [2.05, 4.69) is 71.2 Å².